The van der Waals surface area contributed by atoms with Gasteiger partial charge in [0.25, 0.3) is 0 Å². The normalized spacial score (nSPS) is 28.2. The lowest BCUT2D eigenvalue weighted by molar-refractivity contribution is -0.150. The summed E-state index contributed by atoms with van der Waals surface area (Å²) in [6.07, 6.45) is 0.390. The van der Waals surface area contributed by atoms with Gasteiger partial charge < -0.3 is 10.5 Å². The second kappa shape index (κ2) is 2.22. The predicted octanol–water partition coefficient (Wildman–Crippen LogP) is -0.187. The summed E-state index contributed by atoms with van der Waals surface area (Å²) < 4.78 is 4.88. The maximum Gasteiger partial charge on any atom is 0.319 e. The van der Waals surface area contributed by atoms with Crippen molar-refractivity contribution in [2.24, 2.45) is 11.7 Å². The number of primary amides is 1. The molecule has 1 rings (SSSR count). The summed E-state index contributed by atoms with van der Waals surface area (Å²) in [7, 11) is 0. The summed E-state index contributed by atoms with van der Waals surface area (Å²) in [4.78, 5) is 21.5. The van der Waals surface area contributed by atoms with Crippen molar-refractivity contribution < 1.29 is 14.3 Å². The van der Waals surface area contributed by atoms with Crippen LogP contribution >= 0.6 is 0 Å². The lowest BCUT2D eigenvalue weighted by Gasteiger charge is -2.14. The molecule has 1 saturated heterocycles. The van der Waals surface area contributed by atoms with Crippen molar-refractivity contribution in [3.63, 3.8) is 0 Å². The van der Waals surface area contributed by atoms with Crippen LogP contribution in [0.5, 0.6) is 0 Å². The number of hydrogen-bond donors (Lipinski definition) is 1. The van der Waals surface area contributed by atoms with E-state index in [1.54, 1.807) is 13.8 Å². The number of carbonyl (C=O) groups is 2. The van der Waals surface area contributed by atoms with Crippen LogP contribution in [0.15, 0.2) is 0 Å². The second-order valence-electron chi connectivity index (χ2n) is 3.34. The Hall–Kier alpha value is -1.06. The van der Waals surface area contributed by atoms with Crippen molar-refractivity contribution in [2.45, 2.75) is 25.9 Å². The third-order valence-corrected chi connectivity index (χ3v) is 1.70. The maximum atomic E-state index is 10.9. The van der Waals surface area contributed by atoms with E-state index in [2.05, 4.69) is 0 Å². The topological polar surface area (TPSA) is 69.4 Å². The first-order valence-corrected chi connectivity index (χ1v) is 3.44. The molecule has 0 saturated carbocycles. The summed E-state index contributed by atoms with van der Waals surface area (Å²) >= 11 is 0. The van der Waals surface area contributed by atoms with Gasteiger partial charge in [-0.25, -0.2) is 0 Å². The second-order valence-corrected chi connectivity index (χ2v) is 3.34. The van der Waals surface area contributed by atoms with Gasteiger partial charge in [0.15, 0.2) is 0 Å². The van der Waals surface area contributed by atoms with Crippen LogP contribution < -0.4 is 5.73 Å². The van der Waals surface area contributed by atoms with Crippen molar-refractivity contribution in [3.8, 4) is 0 Å². The molecule has 1 heterocycles. The number of ether oxygens (including phenoxy) is 1. The maximum absolute atomic E-state index is 10.9. The van der Waals surface area contributed by atoms with Crippen LogP contribution in [0.25, 0.3) is 0 Å². The molecule has 0 aromatic carbocycles. The van der Waals surface area contributed by atoms with Crippen molar-refractivity contribution >= 4 is 11.9 Å². The average Bonchev–Trinajstić information content (AvgIpc) is 2.05. The smallest absolute Gasteiger partial charge is 0.319 e. The van der Waals surface area contributed by atoms with Crippen LogP contribution in [-0.4, -0.2) is 17.5 Å². The van der Waals surface area contributed by atoms with E-state index in [0.717, 1.165) is 0 Å². The molecule has 4 nitrogen and oxygen atoms in total. The van der Waals surface area contributed by atoms with Crippen LogP contribution in [0.2, 0.25) is 0 Å². The van der Waals surface area contributed by atoms with E-state index >= 15 is 0 Å². The monoisotopic (exact) mass is 157 g/mol. The standard InChI is InChI=1S/C7H11NO3/c1-7(2)3-4(5(8)9)6(10)11-7/h4H,3H2,1-2H3,(H2,8,9). The molecule has 4 heteroatoms. The van der Waals surface area contributed by atoms with Crippen LogP contribution in [0.4, 0.5) is 0 Å². The van der Waals surface area contributed by atoms with Gasteiger partial charge in [0, 0.05) is 6.42 Å². The highest BCUT2D eigenvalue weighted by molar-refractivity contribution is 5.98. The lowest BCUT2D eigenvalue weighted by atomic mass is 9.97. The molecular weight excluding hydrogens is 146 g/mol. The molecule has 62 valence electrons. The molecule has 2 N–H and O–H groups in total. The zero-order valence-corrected chi connectivity index (χ0v) is 6.59. The average molecular weight is 157 g/mol. The molecule has 1 atom stereocenters. The lowest BCUT2D eigenvalue weighted by Crippen LogP contribution is -2.26. The quantitative estimate of drug-likeness (QED) is 0.423. The number of esters is 1. The molecular formula is C7H11NO3. The Morgan fingerprint density at radius 1 is 1.73 bits per heavy atom. The van der Waals surface area contributed by atoms with E-state index in [9.17, 15) is 9.59 Å². The molecule has 1 amide bonds. The van der Waals surface area contributed by atoms with E-state index in [1.807, 2.05) is 0 Å². The number of rotatable bonds is 1. The highest BCUT2D eigenvalue weighted by atomic mass is 16.6. The Labute approximate surface area is 64.7 Å². The molecule has 1 unspecified atom stereocenters. The van der Waals surface area contributed by atoms with Gasteiger partial charge >= 0.3 is 5.97 Å². The van der Waals surface area contributed by atoms with E-state index in [-0.39, 0.29) is 0 Å². The third kappa shape index (κ3) is 1.50. The molecule has 0 spiro atoms. The number of hydrogen-bond acceptors (Lipinski definition) is 3. The van der Waals surface area contributed by atoms with E-state index in [4.69, 9.17) is 10.5 Å². The van der Waals surface area contributed by atoms with Gasteiger partial charge in [-0.3, -0.25) is 9.59 Å². The largest absolute Gasteiger partial charge is 0.459 e. The summed E-state index contributed by atoms with van der Waals surface area (Å²) in [6.45, 7) is 3.52. The summed E-state index contributed by atoms with van der Waals surface area (Å²) in [5.41, 5.74) is 4.44. The first kappa shape index (κ1) is 8.04. The van der Waals surface area contributed by atoms with E-state index in [0.29, 0.717) is 6.42 Å². The number of amides is 1. The fourth-order valence-corrected chi connectivity index (χ4v) is 1.18. The minimum absolute atomic E-state index is 0.390. The summed E-state index contributed by atoms with van der Waals surface area (Å²) in [6, 6.07) is 0. The highest BCUT2D eigenvalue weighted by Gasteiger charge is 2.42. The van der Waals surface area contributed by atoms with Crippen LogP contribution in [0, 0.1) is 5.92 Å². The van der Waals surface area contributed by atoms with Gasteiger partial charge in [-0.2, -0.15) is 0 Å². The Bertz CT molecular complexity index is 210. The molecule has 11 heavy (non-hydrogen) atoms. The first-order valence-electron chi connectivity index (χ1n) is 3.44. The molecule has 1 aliphatic rings. The molecule has 0 aromatic heterocycles. The van der Waals surface area contributed by atoms with Crippen LogP contribution in [0.1, 0.15) is 20.3 Å². The Morgan fingerprint density at radius 2 is 2.27 bits per heavy atom. The Kier molecular flexibility index (Phi) is 1.62. The number of carbonyl (C=O) groups excluding carboxylic acids is 2. The fourth-order valence-electron chi connectivity index (χ4n) is 1.18. The van der Waals surface area contributed by atoms with Crippen LogP contribution in [-0.2, 0) is 14.3 Å². The van der Waals surface area contributed by atoms with Gasteiger partial charge in [0.05, 0.1) is 0 Å². The fraction of sp³-hybridized carbons (Fsp3) is 0.714. The van der Waals surface area contributed by atoms with Crippen molar-refractivity contribution in [1.29, 1.82) is 0 Å². The molecule has 0 radical (unpaired) electrons. The SMILES string of the molecule is CC1(C)CC(C(N)=O)C(=O)O1. The molecule has 0 bridgehead atoms. The van der Waals surface area contributed by atoms with Gasteiger partial charge in [0.1, 0.15) is 11.5 Å². The molecule has 0 aliphatic carbocycles. The Morgan fingerprint density at radius 3 is 2.45 bits per heavy atom. The van der Waals surface area contributed by atoms with Crippen molar-refractivity contribution in [1.82, 2.24) is 0 Å². The molecule has 0 aromatic rings. The zero-order chi connectivity index (χ0) is 8.65. The minimum Gasteiger partial charge on any atom is -0.459 e. The molecule has 1 aliphatic heterocycles. The molecule has 1 fully saturated rings. The third-order valence-electron chi connectivity index (χ3n) is 1.70. The van der Waals surface area contributed by atoms with Gasteiger partial charge in [-0.05, 0) is 13.8 Å². The van der Waals surface area contributed by atoms with Gasteiger partial charge in [-0.1, -0.05) is 0 Å². The summed E-state index contributed by atoms with van der Waals surface area (Å²) in [5, 5.41) is 0. The first-order chi connectivity index (χ1) is 4.92. The number of cyclic esters (lactones) is 1. The van der Waals surface area contributed by atoms with E-state index in [1.165, 1.54) is 0 Å². The van der Waals surface area contributed by atoms with E-state index < -0.39 is 23.4 Å². The Balaban J connectivity index is 2.74. The van der Waals surface area contributed by atoms with Crippen molar-refractivity contribution in [2.75, 3.05) is 0 Å². The number of nitrogens with two attached hydrogens (primary N) is 1. The van der Waals surface area contributed by atoms with Crippen LogP contribution in [0.3, 0.4) is 0 Å². The minimum atomic E-state index is -0.745. The van der Waals surface area contributed by atoms with Gasteiger partial charge in [-0.15, -0.1) is 0 Å². The predicted molar refractivity (Wildman–Crippen MR) is 37.5 cm³/mol. The zero-order valence-electron chi connectivity index (χ0n) is 6.59. The van der Waals surface area contributed by atoms with Crippen molar-refractivity contribution in [3.05, 3.63) is 0 Å². The highest BCUT2D eigenvalue weighted by Crippen LogP contribution is 2.29. The summed E-state index contributed by atoms with van der Waals surface area (Å²) in [5.74, 6) is -1.84. The van der Waals surface area contributed by atoms with Gasteiger partial charge in [0.2, 0.25) is 5.91 Å².